The van der Waals surface area contributed by atoms with E-state index in [-0.39, 0.29) is 31.0 Å². The minimum absolute atomic E-state index is 0.00650. The summed E-state index contributed by atoms with van der Waals surface area (Å²) in [5.41, 5.74) is 3.53. The van der Waals surface area contributed by atoms with Gasteiger partial charge in [-0.25, -0.2) is 0 Å². The van der Waals surface area contributed by atoms with Crippen LogP contribution in [0.1, 0.15) is 47.4 Å². The fourth-order valence-corrected chi connectivity index (χ4v) is 4.71. The van der Waals surface area contributed by atoms with Crippen molar-refractivity contribution >= 4 is 23.2 Å². The van der Waals surface area contributed by atoms with E-state index < -0.39 is 0 Å². The summed E-state index contributed by atoms with van der Waals surface area (Å²) in [6, 6.07) is 10.4. The maximum Gasteiger partial charge on any atom is 0.249 e. The zero-order chi connectivity index (χ0) is 20.8. The van der Waals surface area contributed by atoms with Crippen LogP contribution in [0.25, 0.3) is 0 Å². The van der Waals surface area contributed by atoms with E-state index >= 15 is 0 Å². The number of thiophene rings is 1. The monoisotopic (exact) mass is 414 g/mol. The van der Waals surface area contributed by atoms with Crippen molar-refractivity contribution in [2.24, 2.45) is 0 Å². The summed E-state index contributed by atoms with van der Waals surface area (Å²) in [5, 5.41) is 2.11. The fourth-order valence-electron chi connectivity index (χ4n) is 3.80. The molecule has 0 unspecified atom stereocenters. The van der Waals surface area contributed by atoms with Crippen LogP contribution in [0.15, 0.2) is 35.7 Å². The van der Waals surface area contributed by atoms with Crippen LogP contribution in [0.2, 0.25) is 0 Å². The lowest BCUT2D eigenvalue weighted by Crippen LogP contribution is -2.47. The van der Waals surface area contributed by atoms with Crippen molar-refractivity contribution in [3.05, 3.63) is 57.3 Å². The number of carbonyl (C=O) groups is 2. The SMILES string of the molecule is CCCCN(CC(=O)N1CCc2sccc2[C@H]1c1ccc(C)cc1)C(=O)COC. The standard InChI is InChI=1S/C23H30N2O3S/c1-4-5-12-24(22(27)16-28-3)15-21(26)25-13-10-20-19(11-14-29-20)23(25)18-8-6-17(2)7-9-18/h6-9,11,14,23H,4-5,10,12-13,15-16H2,1-3H3/t23-/m1/s1. The highest BCUT2D eigenvalue weighted by Gasteiger charge is 2.33. The zero-order valence-corrected chi connectivity index (χ0v) is 18.3. The molecule has 5 nitrogen and oxygen atoms in total. The third-order valence-electron chi connectivity index (χ3n) is 5.41. The number of benzene rings is 1. The number of aryl methyl sites for hydroxylation is 1. The molecule has 3 rings (SSSR count). The number of ether oxygens (including phenoxy) is 1. The van der Waals surface area contributed by atoms with Crippen molar-refractivity contribution in [1.82, 2.24) is 9.80 Å². The van der Waals surface area contributed by atoms with Crippen LogP contribution in [-0.2, 0) is 20.7 Å². The predicted molar refractivity (Wildman–Crippen MR) is 116 cm³/mol. The van der Waals surface area contributed by atoms with Crippen LogP contribution < -0.4 is 0 Å². The van der Waals surface area contributed by atoms with Gasteiger partial charge in [0.05, 0.1) is 12.6 Å². The third-order valence-corrected chi connectivity index (χ3v) is 6.40. The molecule has 0 spiro atoms. The number of hydrogen-bond acceptors (Lipinski definition) is 4. The molecule has 1 aromatic carbocycles. The molecule has 0 N–H and O–H groups in total. The van der Waals surface area contributed by atoms with E-state index in [1.807, 2.05) is 4.90 Å². The molecule has 1 aliphatic heterocycles. The predicted octanol–water partition coefficient (Wildman–Crippen LogP) is 3.81. The topological polar surface area (TPSA) is 49.9 Å². The molecule has 0 radical (unpaired) electrons. The number of hydrogen-bond donors (Lipinski definition) is 0. The molecule has 1 aliphatic rings. The van der Waals surface area contributed by atoms with Gasteiger partial charge in [0.15, 0.2) is 0 Å². The van der Waals surface area contributed by atoms with Crippen molar-refractivity contribution in [3.8, 4) is 0 Å². The Labute approximate surface area is 177 Å². The maximum absolute atomic E-state index is 13.4. The maximum atomic E-state index is 13.4. The number of methoxy groups -OCH3 is 1. The summed E-state index contributed by atoms with van der Waals surface area (Å²) in [4.78, 5) is 30.7. The van der Waals surface area contributed by atoms with Crippen LogP contribution >= 0.6 is 11.3 Å². The normalized spacial score (nSPS) is 15.8. The van der Waals surface area contributed by atoms with Crippen molar-refractivity contribution in [3.63, 3.8) is 0 Å². The van der Waals surface area contributed by atoms with Gasteiger partial charge in [0.2, 0.25) is 11.8 Å². The Bertz CT molecular complexity index is 831. The van der Waals surface area contributed by atoms with Crippen LogP contribution in [0.4, 0.5) is 0 Å². The van der Waals surface area contributed by atoms with Crippen molar-refractivity contribution in [2.75, 3.05) is 33.4 Å². The lowest BCUT2D eigenvalue weighted by Gasteiger charge is -2.37. The highest BCUT2D eigenvalue weighted by Crippen LogP contribution is 2.37. The van der Waals surface area contributed by atoms with E-state index in [0.29, 0.717) is 13.1 Å². The van der Waals surface area contributed by atoms with Gasteiger partial charge in [0.25, 0.3) is 0 Å². The van der Waals surface area contributed by atoms with Gasteiger partial charge >= 0.3 is 0 Å². The zero-order valence-electron chi connectivity index (χ0n) is 17.5. The Hall–Kier alpha value is -2.18. The second-order valence-corrected chi connectivity index (χ2v) is 8.55. The van der Waals surface area contributed by atoms with Crippen LogP contribution in [0.3, 0.4) is 0 Å². The molecule has 6 heteroatoms. The molecule has 0 fully saturated rings. The van der Waals surface area contributed by atoms with E-state index in [1.165, 1.54) is 23.1 Å². The molecule has 0 aliphatic carbocycles. The van der Waals surface area contributed by atoms with E-state index in [4.69, 9.17) is 4.74 Å². The summed E-state index contributed by atoms with van der Waals surface area (Å²) in [7, 11) is 1.51. The molecule has 1 atom stereocenters. The number of fused-ring (bicyclic) bond motifs is 1. The van der Waals surface area contributed by atoms with Crippen molar-refractivity contribution in [1.29, 1.82) is 0 Å². The van der Waals surface area contributed by atoms with Crippen LogP contribution in [-0.4, -0.2) is 55.0 Å². The second-order valence-electron chi connectivity index (χ2n) is 7.55. The number of unbranched alkanes of at least 4 members (excludes halogenated alkanes) is 1. The number of amides is 2. The van der Waals surface area contributed by atoms with Crippen molar-refractivity contribution < 1.29 is 14.3 Å². The Morgan fingerprint density at radius 3 is 2.69 bits per heavy atom. The molecule has 0 saturated heterocycles. The Kier molecular flexibility index (Phi) is 7.45. The van der Waals surface area contributed by atoms with E-state index in [0.717, 1.165) is 24.8 Å². The van der Waals surface area contributed by atoms with Crippen LogP contribution in [0, 0.1) is 6.92 Å². The smallest absolute Gasteiger partial charge is 0.249 e. The van der Waals surface area contributed by atoms with Crippen LogP contribution in [0.5, 0.6) is 0 Å². The molecule has 2 amide bonds. The van der Waals surface area contributed by atoms with Crippen molar-refractivity contribution in [2.45, 2.75) is 39.2 Å². The first-order chi connectivity index (χ1) is 14.0. The van der Waals surface area contributed by atoms with E-state index in [2.05, 4.69) is 49.6 Å². The van der Waals surface area contributed by atoms with E-state index in [1.54, 1.807) is 16.2 Å². The lowest BCUT2D eigenvalue weighted by molar-refractivity contribution is -0.143. The minimum atomic E-state index is -0.130. The molecule has 2 heterocycles. The molecular weight excluding hydrogens is 384 g/mol. The average Bonchev–Trinajstić information content (AvgIpc) is 3.20. The van der Waals surface area contributed by atoms with Gasteiger partial charge in [-0.05, 0) is 42.3 Å². The van der Waals surface area contributed by atoms with Gasteiger partial charge in [0, 0.05) is 25.1 Å². The Balaban J connectivity index is 1.85. The fraction of sp³-hybridized carbons (Fsp3) is 0.478. The van der Waals surface area contributed by atoms with E-state index in [9.17, 15) is 9.59 Å². The summed E-state index contributed by atoms with van der Waals surface area (Å²) in [5.74, 6) is -0.137. The first-order valence-electron chi connectivity index (χ1n) is 10.2. The van der Waals surface area contributed by atoms with Gasteiger partial charge in [0.1, 0.15) is 6.61 Å². The number of nitrogens with zero attached hydrogens (tertiary/aromatic N) is 2. The molecular formula is C23H30N2O3S. The van der Waals surface area contributed by atoms with Gasteiger partial charge in [-0.1, -0.05) is 43.2 Å². The first-order valence-corrected chi connectivity index (χ1v) is 11.1. The lowest BCUT2D eigenvalue weighted by atomic mass is 9.92. The molecule has 2 aromatic rings. The third kappa shape index (κ3) is 5.06. The highest BCUT2D eigenvalue weighted by atomic mass is 32.1. The molecule has 0 saturated carbocycles. The quantitative estimate of drug-likeness (QED) is 0.660. The molecule has 156 valence electrons. The molecule has 0 bridgehead atoms. The largest absolute Gasteiger partial charge is 0.375 e. The summed E-state index contributed by atoms with van der Waals surface area (Å²) >= 11 is 1.76. The van der Waals surface area contributed by atoms with Gasteiger partial charge < -0.3 is 14.5 Å². The average molecular weight is 415 g/mol. The number of carbonyl (C=O) groups excluding carboxylic acids is 2. The summed E-state index contributed by atoms with van der Waals surface area (Å²) in [6.07, 6.45) is 2.71. The second kappa shape index (κ2) is 10.0. The molecule has 1 aromatic heterocycles. The highest BCUT2D eigenvalue weighted by molar-refractivity contribution is 7.10. The minimum Gasteiger partial charge on any atom is -0.375 e. The Morgan fingerprint density at radius 1 is 1.24 bits per heavy atom. The van der Waals surface area contributed by atoms with Gasteiger partial charge in [-0.15, -0.1) is 11.3 Å². The Morgan fingerprint density at radius 2 is 2.00 bits per heavy atom. The van der Waals surface area contributed by atoms with Gasteiger partial charge in [-0.3, -0.25) is 9.59 Å². The number of rotatable bonds is 8. The first kappa shape index (κ1) is 21.5. The summed E-state index contributed by atoms with van der Waals surface area (Å²) in [6.45, 7) is 5.51. The van der Waals surface area contributed by atoms with Gasteiger partial charge in [-0.2, -0.15) is 0 Å². The molecule has 29 heavy (non-hydrogen) atoms. The summed E-state index contributed by atoms with van der Waals surface area (Å²) < 4.78 is 5.01.